The quantitative estimate of drug-likeness (QED) is 0.630. The average Bonchev–Trinajstić information content (AvgIpc) is 2.86. The van der Waals surface area contributed by atoms with Gasteiger partial charge in [0, 0.05) is 24.7 Å². The molecular weight excluding hydrogens is 290 g/mol. The summed E-state index contributed by atoms with van der Waals surface area (Å²) in [6.45, 7) is 6.80. The number of benzene rings is 1. The van der Waals surface area contributed by atoms with E-state index in [-0.39, 0.29) is 5.97 Å². The predicted octanol–water partition coefficient (Wildman–Crippen LogP) is 2.74. The largest absolute Gasteiger partial charge is 0.466 e. The van der Waals surface area contributed by atoms with Gasteiger partial charge in [-0.25, -0.2) is 0 Å². The molecule has 5 heteroatoms. The zero-order chi connectivity index (χ0) is 16.8. The van der Waals surface area contributed by atoms with Gasteiger partial charge < -0.3 is 10.5 Å². The molecule has 124 valence electrons. The number of rotatable bonds is 7. The molecule has 5 nitrogen and oxygen atoms in total. The molecule has 0 atom stereocenters. The lowest BCUT2D eigenvalue weighted by molar-refractivity contribution is -0.140. The molecular formula is C18H25N3O2. The Morgan fingerprint density at radius 3 is 2.48 bits per heavy atom. The number of nitrogens with two attached hydrogens (primary N) is 1. The number of nitrogen functional groups attached to an aromatic ring is 1. The first-order valence-electron chi connectivity index (χ1n) is 8.10. The van der Waals surface area contributed by atoms with E-state index in [1.165, 1.54) is 23.7 Å². The van der Waals surface area contributed by atoms with Gasteiger partial charge in [0.05, 0.1) is 18.8 Å². The molecule has 0 amide bonds. The van der Waals surface area contributed by atoms with Crippen molar-refractivity contribution in [1.29, 1.82) is 0 Å². The van der Waals surface area contributed by atoms with Crippen LogP contribution in [0.4, 0.5) is 5.69 Å². The second kappa shape index (κ2) is 7.81. The number of nitrogens with zero attached hydrogens (tertiary/aromatic N) is 2. The van der Waals surface area contributed by atoms with Gasteiger partial charge in [0.25, 0.3) is 0 Å². The van der Waals surface area contributed by atoms with Crippen molar-refractivity contribution in [2.75, 3.05) is 12.3 Å². The van der Waals surface area contributed by atoms with Crippen molar-refractivity contribution in [3.63, 3.8) is 0 Å². The van der Waals surface area contributed by atoms with Gasteiger partial charge in [-0.05, 0) is 36.1 Å². The van der Waals surface area contributed by atoms with Crippen LogP contribution in [0.15, 0.2) is 24.3 Å². The van der Waals surface area contributed by atoms with Crippen LogP contribution in [-0.4, -0.2) is 22.4 Å². The third kappa shape index (κ3) is 4.34. The van der Waals surface area contributed by atoms with Crippen molar-refractivity contribution >= 4 is 11.7 Å². The molecule has 0 spiro atoms. The van der Waals surface area contributed by atoms with E-state index >= 15 is 0 Å². The van der Waals surface area contributed by atoms with Gasteiger partial charge in [-0.1, -0.05) is 26.0 Å². The molecule has 0 saturated heterocycles. The number of anilines is 1. The highest BCUT2D eigenvalue weighted by atomic mass is 16.5. The lowest BCUT2D eigenvalue weighted by Crippen LogP contribution is -2.08. The van der Waals surface area contributed by atoms with Gasteiger partial charge in [-0.2, -0.15) is 5.10 Å². The first kappa shape index (κ1) is 17.1. The Bertz CT molecular complexity index is 660. The van der Waals surface area contributed by atoms with Crippen LogP contribution in [-0.2, 0) is 35.3 Å². The van der Waals surface area contributed by atoms with Crippen molar-refractivity contribution in [3.8, 4) is 0 Å². The maximum Gasteiger partial charge on any atom is 0.302 e. The molecule has 2 aromatic rings. The second-order valence-corrected chi connectivity index (χ2v) is 5.57. The van der Waals surface area contributed by atoms with Crippen molar-refractivity contribution in [2.24, 2.45) is 0 Å². The summed E-state index contributed by atoms with van der Waals surface area (Å²) in [4.78, 5) is 11.0. The van der Waals surface area contributed by atoms with Crippen LogP contribution in [0, 0.1) is 0 Å². The monoisotopic (exact) mass is 315 g/mol. The number of hydrogen-bond acceptors (Lipinski definition) is 4. The second-order valence-electron chi connectivity index (χ2n) is 5.57. The predicted molar refractivity (Wildman–Crippen MR) is 91.3 cm³/mol. The highest BCUT2D eigenvalue weighted by Gasteiger charge is 2.16. The third-order valence-electron chi connectivity index (χ3n) is 3.89. The van der Waals surface area contributed by atoms with Crippen LogP contribution in [0.1, 0.15) is 43.3 Å². The Balaban J connectivity index is 2.23. The van der Waals surface area contributed by atoms with Crippen LogP contribution in [0.2, 0.25) is 0 Å². The third-order valence-corrected chi connectivity index (χ3v) is 3.89. The SMILES string of the molecule is CCc1nn(Cc2ccc(N)cc2)c(CC)c1CCOC(C)=O. The van der Waals surface area contributed by atoms with Crippen LogP contribution in [0.3, 0.4) is 0 Å². The van der Waals surface area contributed by atoms with Crippen LogP contribution >= 0.6 is 0 Å². The smallest absolute Gasteiger partial charge is 0.302 e. The van der Waals surface area contributed by atoms with Crippen molar-refractivity contribution in [1.82, 2.24) is 9.78 Å². The number of aromatic nitrogens is 2. The molecule has 1 heterocycles. The molecule has 2 N–H and O–H groups in total. The zero-order valence-corrected chi connectivity index (χ0v) is 14.1. The summed E-state index contributed by atoms with van der Waals surface area (Å²) in [7, 11) is 0. The minimum Gasteiger partial charge on any atom is -0.466 e. The molecule has 0 fully saturated rings. The minimum atomic E-state index is -0.240. The summed E-state index contributed by atoms with van der Waals surface area (Å²) >= 11 is 0. The van der Waals surface area contributed by atoms with Gasteiger partial charge in [0.1, 0.15) is 0 Å². The number of hydrogen-bond donors (Lipinski definition) is 1. The number of esters is 1. The van der Waals surface area contributed by atoms with Crippen molar-refractivity contribution in [2.45, 2.75) is 46.6 Å². The Kier molecular flexibility index (Phi) is 5.79. The fourth-order valence-corrected chi connectivity index (χ4v) is 2.78. The fourth-order valence-electron chi connectivity index (χ4n) is 2.78. The summed E-state index contributed by atoms with van der Waals surface area (Å²) in [6.07, 6.45) is 2.49. The zero-order valence-electron chi connectivity index (χ0n) is 14.1. The van der Waals surface area contributed by atoms with E-state index in [1.54, 1.807) is 0 Å². The summed E-state index contributed by atoms with van der Waals surface area (Å²) in [5.41, 5.74) is 11.2. The van der Waals surface area contributed by atoms with E-state index in [1.807, 2.05) is 24.3 Å². The Hall–Kier alpha value is -2.30. The van der Waals surface area contributed by atoms with E-state index in [2.05, 4.69) is 18.5 Å². The normalized spacial score (nSPS) is 10.7. The molecule has 0 aliphatic rings. The lowest BCUT2D eigenvalue weighted by Gasteiger charge is -2.09. The molecule has 2 rings (SSSR count). The fraction of sp³-hybridized carbons (Fsp3) is 0.444. The minimum absolute atomic E-state index is 0.240. The highest BCUT2D eigenvalue weighted by Crippen LogP contribution is 2.19. The summed E-state index contributed by atoms with van der Waals surface area (Å²) in [5, 5.41) is 4.76. The first-order chi connectivity index (χ1) is 11.0. The lowest BCUT2D eigenvalue weighted by atomic mass is 10.1. The number of aryl methyl sites for hydroxylation is 1. The van der Waals surface area contributed by atoms with Crippen LogP contribution in [0.25, 0.3) is 0 Å². The van der Waals surface area contributed by atoms with Crippen molar-refractivity contribution in [3.05, 3.63) is 46.8 Å². The average molecular weight is 315 g/mol. The van der Waals surface area contributed by atoms with Gasteiger partial charge in [0.2, 0.25) is 0 Å². The summed E-state index contributed by atoms with van der Waals surface area (Å²) < 4.78 is 7.16. The van der Waals surface area contributed by atoms with Gasteiger partial charge in [-0.3, -0.25) is 9.48 Å². The maximum absolute atomic E-state index is 11.0. The Morgan fingerprint density at radius 1 is 1.22 bits per heavy atom. The molecule has 0 unspecified atom stereocenters. The summed E-state index contributed by atoms with van der Waals surface area (Å²) in [6, 6.07) is 7.88. The summed E-state index contributed by atoms with van der Waals surface area (Å²) in [5.74, 6) is -0.240. The molecule has 23 heavy (non-hydrogen) atoms. The molecule has 0 radical (unpaired) electrons. The highest BCUT2D eigenvalue weighted by molar-refractivity contribution is 5.65. The van der Waals surface area contributed by atoms with Gasteiger partial charge in [-0.15, -0.1) is 0 Å². The molecule has 0 saturated carbocycles. The van der Waals surface area contributed by atoms with E-state index in [9.17, 15) is 4.79 Å². The van der Waals surface area contributed by atoms with Gasteiger partial charge >= 0.3 is 5.97 Å². The number of carbonyl (C=O) groups is 1. The van der Waals surface area contributed by atoms with Crippen molar-refractivity contribution < 1.29 is 9.53 Å². The maximum atomic E-state index is 11.0. The Morgan fingerprint density at radius 2 is 1.91 bits per heavy atom. The van der Waals surface area contributed by atoms with E-state index in [0.29, 0.717) is 13.0 Å². The van der Waals surface area contributed by atoms with Crippen LogP contribution in [0.5, 0.6) is 0 Å². The molecule has 1 aromatic carbocycles. The van der Waals surface area contributed by atoms with E-state index in [0.717, 1.165) is 30.8 Å². The van der Waals surface area contributed by atoms with E-state index in [4.69, 9.17) is 15.6 Å². The number of carbonyl (C=O) groups excluding carboxylic acids is 1. The van der Waals surface area contributed by atoms with E-state index < -0.39 is 0 Å². The van der Waals surface area contributed by atoms with Gasteiger partial charge in [0.15, 0.2) is 0 Å². The molecule has 0 aliphatic carbocycles. The standard InChI is InChI=1S/C18H25N3O2/c1-4-17-16(10-11-23-13(3)22)18(5-2)21(20-17)12-14-6-8-15(19)9-7-14/h6-9H,4-5,10-12,19H2,1-3H3. The number of ether oxygens (including phenoxy) is 1. The first-order valence-corrected chi connectivity index (χ1v) is 8.10. The Labute approximate surface area is 137 Å². The molecule has 0 aliphatic heterocycles. The van der Waals surface area contributed by atoms with Crippen LogP contribution < -0.4 is 5.73 Å². The molecule has 0 bridgehead atoms. The molecule has 1 aromatic heterocycles. The topological polar surface area (TPSA) is 70.1 Å².